The van der Waals surface area contributed by atoms with Crippen molar-refractivity contribution in [3.63, 3.8) is 0 Å². The zero-order valence-electron chi connectivity index (χ0n) is 18.1. The van der Waals surface area contributed by atoms with Gasteiger partial charge in [0, 0.05) is 32.8 Å². The predicted octanol–water partition coefficient (Wildman–Crippen LogP) is 2.26. The number of imidazole rings is 1. The van der Waals surface area contributed by atoms with Crippen LogP contribution in [0.2, 0.25) is 5.02 Å². The van der Waals surface area contributed by atoms with Crippen LogP contribution in [-0.2, 0) is 25.4 Å². The fraction of sp³-hybridized carbons (Fsp3) is 0.476. The van der Waals surface area contributed by atoms with Gasteiger partial charge >= 0.3 is 6.01 Å². The summed E-state index contributed by atoms with van der Waals surface area (Å²) in [5, 5.41) is 0.691. The van der Waals surface area contributed by atoms with Gasteiger partial charge < -0.3 is 29.4 Å². The van der Waals surface area contributed by atoms with Crippen molar-refractivity contribution in [1.29, 1.82) is 0 Å². The summed E-state index contributed by atoms with van der Waals surface area (Å²) in [4.78, 5) is 13.1. The molecule has 2 aromatic heterocycles. The Morgan fingerprint density at radius 1 is 1.09 bits per heavy atom. The highest BCUT2D eigenvalue weighted by Gasteiger charge is 2.47. The first-order valence-corrected chi connectivity index (χ1v) is 10.5. The normalized spacial score (nSPS) is 23.1. The van der Waals surface area contributed by atoms with Crippen molar-refractivity contribution in [2.24, 2.45) is 0 Å². The maximum Gasteiger partial charge on any atom is 0.320 e. The average molecular weight is 464 g/mol. The van der Waals surface area contributed by atoms with Crippen LogP contribution in [0.25, 0.3) is 11.2 Å². The lowest BCUT2D eigenvalue weighted by molar-refractivity contribution is -0.0636. The molecule has 3 aromatic rings. The van der Waals surface area contributed by atoms with Gasteiger partial charge in [-0.3, -0.25) is 4.57 Å². The number of nitrogens with zero attached hydrogens (tertiary/aromatic N) is 4. The Morgan fingerprint density at radius 2 is 1.84 bits per heavy atom. The third kappa shape index (κ3) is 4.50. The molecule has 0 radical (unpaired) electrons. The van der Waals surface area contributed by atoms with Crippen LogP contribution in [0, 0.1) is 0 Å². The van der Waals surface area contributed by atoms with Gasteiger partial charge in [0.25, 0.3) is 0 Å². The molecule has 0 unspecified atom stereocenters. The minimum Gasteiger partial charge on any atom is -0.463 e. The first kappa shape index (κ1) is 22.7. The zero-order chi connectivity index (χ0) is 22.7. The van der Waals surface area contributed by atoms with E-state index in [0.717, 1.165) is 5.56 Å². The molecule has 4 rings (SSSR count). The van der Waals surface area contributed by atoms with E-state index in [4.69, 9.17) is 41.0 Å². The topological polar surface area (TPSA) is 116 Å². The fourth-order valence-electron chi connectivity index (χ4n) is 3.85. The molecule has 10 nitrogen and oxygen atoms in total. The summed E-state index contributed by atoms with van der Waals surface area (Å²) in [6, 6.07) is 7.74. The molecule has 0 amide bonds. The summed E-state index contributed by atoms with van der Waals surface area (Å²) in [6.07, 6.45) is 0.701. The molecule has 1 fully saturated rings. The van der Waals surface area contributed by atoms with Gasteiger partial charge in [-0.15, -0.1) is 0 Å². The second-order valence-corrected chi connectivity index (χ2v) is 7.80. The van der Waals surface area contributed by atoms with Crippen LogP contribution in [0.3, 0.4) is 0 Å². The number of rotatable bonds is 9. The van der Waals surface area contributed by atoms with Crippen LogP contribution in [0.5, 0.6) is 6.01 Å². The molecular formula is C21H26ClN5O5. The molecule has 1 aliphatic rings. The van der Waals surface area contributed by atoms with Gasteiger partial charge in [0.1, 0.15) is 18.3 Å². The smallest absolute Gasteiger partial charge is 0.320 e. The van der Waals surface area contributed by atoms with E-state index in [1.54, 1.807) is 32.2 Å². The highest BCUT2D eigenvalue weighted by atomic mass is 35.5. The zero-order valence-corrected chi connectivity index (χ0v) is 18.9. The van der Waals surface area contributed by atoms with Crippen LogP contribution in [0.1, 0.15) is 11.8 Å². The second kappa shape index (κ2) is 9.97. The van der Waals surface area contributed by atoms with Gasteiger partial charge in [-0.2, -0.15) is 9.97 Å². The lowest BCUT2D eigenvalue weighted by atomic mass is 10.1. The molecule has 0 aliphatic carbocycles. The molecule has 0 saturated carbocycles. The second-order valence-electron chi connectivity index (χ2n) is 7.36. The van der Waals surface area contributed by atoms with E-state index in [1.807, 2.05) is 24.3 Å². The fourth-order valence-corrected chi connectivity index (χ4v) is 3.97. The highest BCUT2D eigenvalue weighted by Crippen LogP contribution is 2.35. The van der Waals surface area contributed by atoms with Crippen molar-refractivity contribution in [2.75, 3.05) is 40.3 Å². The van der Waals surface area contributed by atoms with Crippen molar-refractivity contribution in [3.05, 3.63) is 41.2 Å². The number of hydrogen-bond acceptors (Lipinski definition) is 9. The first-order valence-electron chi connectivity index (χ1n) is 10.1. The molecular weight excluding hydrogens is 438 g/mol. The van der Waals surface area contributed by atoms with Gasteiger partial charge in [-0.05, 0) is 17.7 Å². The number of hydrogen-bond donors (Lipinski definition) is 1. The Balaban J connectivity index is 1.56. The Hall–Kier alpha value is -2.50. The van der Waals surface area contributed by atoms with E-state index < -0.39 is 12.3 Å². The maximum atomic E-state index is 6.18. The number of fused-ring (bicyclic) bond motifs is 1. The molecule has 1 saturated heterocycles. The lowest BCUT2D eigenvalue weighted by Crippen LogP contribution is -2.36. The summed E-state index contributed by atoms with van der Waals surface area (Å²) >= 11 is 5.93. The number of methoxy groups -OCH3 is 3. The molecule has 4 atom stereocenters. The molecule has 2 N–H and O–H groups in total. The van der Waals surface area contributed by atoms with Crippen molar-refractivity contribution >= 4 is 28.6 Å². The number of ether oxygens (including phenoxy) is 5. The average Bonchev–Trinajstić information content (AvgIpc) is 3.36. The molecule has 32 heavy (non-hydrogen) atoms. The van der Waals surface area contributed by atoms with Crippen molar-refractivity contribution in [1.82, 2.24) is 19.5 Å². The SMILES string of the molecule is COC[C@H]1O[C@@H](n2cnc3c(N)nc(OCCc4ccc(Cl)cc4)nc32)[C@H](OC)[C@@H]1OC. The molecule has 11 heteroatoms. The predicted molar refractivity (Wildman–Crippen MR) is 118 cm³/mol. The first-order chi connectivity index (χ1) is 15.5. The van der Waals surface area contributed by atoms with Crippen LogP contribution < -0.4 is 10.5 Å². The quantitative estimate of drug-likeness (QED) is 0.510. The van der Waals surface area contributed by atoms with Crippen molar-refractivity contribution in [3.8, 4) is 6.01 Å². The van der Waals surface area contributed by atoms with Crippen LogP contribution in [0.15, 0.2) is 30.6 Å². The summed E-state index contributed by atoms with van der Waals surface area (Å²) in [6.45, 7) is 0.737. The molecule has 3 heterocycles. The Labute approximate surface area is 190 Å². The summed E-state index contributed by atoms with van der Waals surface area (Å²) in [5.74, 6) is 0.221. The minimum atomic E-state index is -0.536. The van der Waals surface area contributed by atoms with E-state index in [2.05, 4.69) is 15.0 Å². The lowest BCUT2D eigenvalue weighted by Gasteiger charge is -2.22. The summed E-state index contributed by atoms with van der Waals surface area (Å²) < 4.78 is 30.3. The third-order valence-electron chi connectivity index (χ3n) is 5.40. The highest BCUT2D eigenvalue weighted by molar-refractivity contribution is 6.30. The van der Waals surface area contributed by atoms with Gasteiger partial charge in [-0.25, -0.2) is 4.98 Å². The van der Waals surface area contributed by atoms with Crippen molar-refractivity contribution < 1.29 is 23.7 Å². The van der Waals surface area contributed by atoms with E-state index in [-0.39, 0.29) is 24.0 Å². The molecule has 172 valence electrons. The van der Waals surface area contributed by atoms with Crippen LogP contribution >= 0.6 is 11.6 Å². The number of benzene rings is 1. The largest absolute Gasteiger partial charge is 0.463 e. The molecule has 1 aromatic carbocycles. The third-order valence-corrected chi connectivity index (χ3v) is 5.65. The minimum absolute atomic E-state index is 0.161. The number of anilines is 1. The van der Waals surface area contributed by atoms with Gasteiger partial charge in [0.15, 0.2) is 23.2 Å². The van der Waals surface area contributed by atoms with Crippen molar-refractivity contribution in [2.45, 2.75) is 31.0 Å². The van der Waals surface area contributed by atoms with Gasteiger partial charge in [0.05, 0.1) is 19.5 Å². The molecule has 1 aliphatic heterocycles. The number of aromatic nitrogens is 4. The van der Waals surface area contributed by atoms with E-state index in [1.165, 1.54) is 0 Å². The summed E-state index contributed by atoms with van der Waals surface area (Å²) in [7, 11) is 4.83. The van der Waals surface area contributed by atoms with E-state index >= 15 is 0 Å². The van der Waals surface area contributed by atoms with E-state index in [9.17, 15) is 0 Å². The monoisotopic (exact) mass is 463 g/mol. The Kier molecular flexibility index (Phi) is 7.07. The van der Waals surface area contributed by atoms with Gasteiger partial charge in [-0.1, -0.05) is 23.7 Å². The molecule has 0 spiro atoms. The number of halogens is 1. The van der Waals surface area contributed by atoms with Crippen LogP contribution in [0.4, 0.5) is 5.82 Å². The molecule has 0 bridgehead atoms. The maximum absolute atomic E-state index is 6.18. The standard InChI is InChI=1S/C21H26ClN5O5/c1-28-10-14-16(29-2)17(30-3)20(32-14)27-11-24-15-18(23)25-21(26-19(15)27)31-9-8-12-4-6-13(22)7-5-12/h4-7,11,14,16-17,20H,8-10H2,1-3H3,(H2,23,25,26)/t14-,16-,17-,20-/m1/s1. The van der Waals surface area contributed by atoms with Crippen LogP contribution in [-0.4, -0.2) is 72.4 Å². The number of nitrogens with two attached hydrogens (primary N) is 1. The Morgan fingerprint density at radius 3 is 2.53 bits per heavy atom. The Bertz CT molecular complexity index is 1050. The summed E-state index contributed by atoms with van der Waals surface area (Å²) in [5.41, 5.74) is 8.16. The van der Waals surface area contributed by atoms with E-state index in [0.29, 0.717) is 35.8 Å². The van der Waals surface area contributed by atoms with Gasteiger partial charge in [0.2, 0.25) is 0 Å². The number of nitrogen functional groups attached to an aromatic ring is 1.